The maximum atomic E-state index is 12.2. The Labute approximate surface area is 108 Å². The molecule has 1 aliphatic heterocycles. The summed E-state index contributed by atoms with van der Waals surface area (Å²) in [6.45, 7) is 2.40. The van der Waals surface area contributed by atoms with Crippen molar-refractivity contribution in [3.63, 3.8) is 0 Å². The smallest absolute Gasteiger partial charge is 0.258 e. The minimum absolute atomic E-state index is 0.0670. The molecule has 1 aromatic carbocycles. The van der Waals surface area contributed by atoms with E-state index >= 15 is 0 Å². The Balaban J connectivity index is 2.28. The topological polar surface area (TPSA) is 37.4 Å². The van der Waals surface area contributed by atoms with Crippen molar-refractivity contribution in [1.29, 1.82) is 0 Å². The molecule has 17 heavy (non-hydrogen) atoms. The second-order valence-electron chi connectivity index (χ2n) is 4.01. The van der Waals surface area contributed by atoms with Crippen LogP contribution in [0.1, 0.15) is 22.3 Å². The lowest BCUT2D eigenvalue weighted by molar-refractivity contribution is -0.115. The minimum Gasteiger partial charge on any atom is -0.314 e. The molecule has 0 saturated heterocycles. The molecule has 1 amide bonds. The Hall–Kier alpha value is -1.42. The minimum atomic E-state index is -0.0793. The normalized spacial score (nSPS) is 15.2. The van der Waals surface area contributed by atoms with E-state index in [9.17, 15) is 9.59 Å². The number of amides is 1. The standard InChI is InChI=1S/C13H12BrNO2/c1-9-2-3-12(14)11(8-9)13(17)15-6-4-10(16)5-7-15/h2-4,6,8H,5,7H2,1H3. The molecule has 0 bridgehead atoms. The summed E-state index contributed by atoms with van der Waals surface area (Å²) in [6.07, 6.45) is 3.40. The van der Waals surface area contributed by atoms with Crippen LogP contribution in [0, 0.1) is 6.92 Å². The Morgan fingerprint density at radius 2 is 2.18 bits per heavy atom. The lowest BCUT2D eigenvalue weighted by Gasteiger charge is -2.21. The van der Waals surface area contributed by atoms with Gasteiger partial charge in [0.1, 0.15) is 0 Å². The number of carbonyl (C=O) groups excluding carboxylic acids is 2. The maximum Gasteiger partial charge on any atom is 0.258 e. The van der Waals surface area contributed by atoms with Gasteiger partial charge in [0, 0.05) is 23.6 Å². The van der Waals surface area contributed by atoms with Gasteiger partial charge in [-0.3, -0.25) is 9.59 Å². The number of carbonyl (C=O) groups is 2. The van der Waals surface area contributed by atoms with Gasteiger partial charge in [-0.25, -0.2) is 0 Å². The third kappa shape index (κ3) is 2.64. The van der Waals surface area contributed by atoms with Gasteiger partial charge in [-0.15, -0.1) is 0 Å². The van der Waals surface area contributed by atoms with E-state index in [4.69, 9.17) is 0 Å². The zero-order valence-electron chi connectivity index (χ0n) is 9.44. The summed E-state index contributed by atoms with van der Waals surface area (Å²) < 4.78 is 0.776. The highest BCUT2D eigenvalue weighted by molar-refractivity contribution is 9.10. The SMILES string of the molecule is Cc1ccc(Br)c(C(=O)N2C=CC(=O)CC2)c1. The van der Waals surface area contributed by atoms with Crippen molar-refractivity contribution in [3.8, 4) is 0 Å². The first-order valence-corrected chi connectivity index (χ1v) is 6.15. The van der Waals surface area contributed by atoms with E-state index in [1.165, 1.54) is 6.08 Å². The Bertz CT molecular complexity index is 508. The first kappa shape index (κ1) is 12.0. The summed E-state index contributed by atoms with van der Waals surface area (Å²) in [5.74, 6) is -0.0123. The average molecular weight is 294 g/mol. The molecule has 1 heterocycles. The number of halogens is 1. The van der Waals surface area contributed by atoms with E-state index in [1.54, 1.807) is 11.1 Å². The summed E-state index contributed by atoms with van der Waals surface area (Å²) >= 11 is 3.37. The van der Waals surface area contributed by atoms with Gasteiger partial charge in [0.15, 0.2) is 5.78 Å². The van der Waals surface area contributed by atoms with Crippen LogP contribution in [0.25, 0.3) is 0 Å². The fourth-order valence-electron chi connectivity index (χ4n) is 1.69. The molecule has 0 aliphatic carbocycles. The summed E-state index contributed by atoms with van der Waals surface area (Å²) in [7, 11) is 0. The molecule has 0 fully saturated rings. The molecule has 0 spiro atoms. The molecule has 0 atom stereocenters. The van der Waals surface area contributed by atoms with E-state index in [2.05, 4.69) is 15.9 Å². The van der Waals surface area contributed by atoms with E-state index in [0.29, 0.717) is 18.5 Å². The number of hydrogen-bond acceptors (Lipinski definition) is 2. The summed E-state index contributed by atoms with van der Waals surface area (Å²) in [6, 6.07) is 5.65. The summed E-state index contributed by atoms with van der Waals surface area (Å²) in [5.41, 5.74) is 1.66. The van der Waals surface area contributed by atoms with Crippen LogP contribution >= 0.6 is 15.9 Å². The predicted molar refractivity (Wildman–Crippen MR) is 68.7 cm³/mol. The lowest BCUT2D eigenvalue weighted by atomic mass is 10.1. The third-order valence-electron chi connectivity index (χ3n) is 2.65. The molecule has 4 heteroatoms. The molecule has 0 radical (unpaired) electrons. The molecular weight excluding hydrogens is 282 g/mol. The highest BCUT2D eigenvalue weighted by atomic mass is 79.9. The van der Waals surface area contributed by atoms with Crippen LogP contribution < -0.4 is 0 Å². The van der Waals surface area contributed by atoms with Gasteiger partial charge in [-0.2, -0.15) is 0 Å². The van der Waals surface area contributed by atoms with Crippen LogP contribution in [0.2, 0.25) is 0 Å². The van der Waals surface area contributed by atoms with Crippen LogP contribution in [0.3, 0.4) is 0 Å². The summed E-state index contributed by atoms with van der Waals surface area (Å²) in [4.78, 5) is 24.8. The number of ketones is 1. The Kier molecular flexibility index (Phi) is 3.43. The van der Waals surface area contributed by atoms with Crippen LogP contribution in [-0.4, -0.2) is 23.1 Å². The highest BCUT2D eigenvalue weighted by Gasteiger charge is 2.19. The Morgan fingerprint density at radius 1 is 1.41 bits per heavy atom. The van der Waals surface area contributed by atoms with Crippen molar-refractivity contribution in [2.45, 2.75) is 13.3 Å². The van der Waals surface area contributed by atoms with Crippen LogP contribution in [0.15, 0.2) is 34.9 Å². The molecule has 2 rings (SSSR count). The maximum absolute atomic E-state index is 12.2. The van der Waals surface area contributed by atoms with Crippen molar-refractivity contribution in [2.75, 3.05) is 6.54 Å². The van der Waals surface area contributed by atoms with E-state index in [1.807, 2.05) is 25.1 Å². The van der Waals surface area contributed by atoms with Crippen molar-refractivity contribution in [2.24, 2.45) is 0 Å². The lowest BCUT2D eigenvalue weighted by Crippen LogP contribution is -2.31. The number of benzene rings is 1. The Morgan fingerprint density at radius 3 is 2.82 bits per heavy atom. The number of allylic oxidation sites excluding steroid dienone is 1. The van der Waals surface area contributed by atoms with Crippen molar-refractivity contribution in [1.82, 2.24) is 4.90 Å². The molecule has 88 valence electrons. The fraction of sp³-hybridized carbons (Fsp3) is 0.231. The van der Waals surface area contributed by atoms with E-state index < -0.39 is 0 Å². The second kappa shape index (κ2) is 4.84. The van der Waals surface area contributed by atoms with Gasteiger partial charge >= 0.3 is 0 Å². The predicted octanol–water partition coefficient (Wildman–Crippen LogP) is 2.69. The van der Waals surface area contributed by atoms with E-state index in [0.717, 1.165) is 10.0 Å². The van der Waals surface area contributed by atoms with Crippen LogP contribution in [-0.2, 0) is 4.79 Å². The second-order valence-corrected chi connectivity index (χ2v) is 4.87. The van der Waals surface area contributed by atoms with Gasteiger partial charge in [-0.1, -0.05) is 11.6 Å². The number of rotatable bonds is 1. The zero-order chi connectivity index (χ0) is 12.4. The van der Waals surface area contributed by atoms with Gasteiger partial charge < -0.3 is 4.90 Å². The van der Waals surface area contributed by atoms with Crippen molar-refractivity contribution < 1.29 is 9.59 Å². The quantitative estimate of drug-likeness (QED) is 0.798. The summed E-state index contributed by atoms with van der Waals surface area (Å²) in [5, 5.41) is 0. The van der Waals surface area contributed by atoms with Crippen molar-refractivity contribution in [3.05, 3.63) is 46.1 Å². The molecule has 1 aliphatic rings. The van der Waals surface area contributed by atoms with Gasteiger partial charge in [0.2, 0.25) is 0 Å². The molecule has 0 N–H and O–H groups in total. The van der Waals surface area contributed by atoms with Crippen molar-refractivity contribution >= 4 is 27.6 Å². The number of hydrogen-bond donors (Lipinski definition) is 0. The molecule has 1 aromatic rings. The first-order valence-electron chi connectivity index (χ1n) is 5.36. The third-order valence-corrected chi connectivity index (χ3v) is 3.34. The molecule has 0 unspecified atom stereocenters. The van der Waals surface area contributed by atoms with Crippen LogP contribution in [0.4, 0.5) is 0 Å². The first-order chi connectivity index (χ1) is 8.08. The highest BCUT2D eigenvalue weighted by Crippen LogP contribution is 2.21. The monoisotopic (exact) mass is 293 g/mol. The number of nitrogens with zero attached hydrogens (tertiary/aromatic N) is 1. The molecule has 0 saturated carbocycles. The molecule has 3 nitrogen and oxygen atoms in total. The molecular formula is C13H12BrNO2. The zero-order valence-corrected chi connectivity index (χ0v) is 11.0. The largest absolute Gasteiger partial charge is 0.314 e. The number of aryl methyl sites for hydroxylation is 1. The molecule has 0 aromatic heterocycles. The van der Waals surface area contributed by atoms with Gasteiger partial charge in [0.25, 0.3) is 5.91 Å². The fourth-order valence-corrected chi connectivity index (χ4v) is 2.10. The van der Waals surface area contributed by atoms with Gasteiger partial charge in [-0.05, 0) is 41.1 Å². The van der Waals surface area contributed by atoms with Gasteiger partial charge in [0.05, 0.1) is 5.56 Å². The van der Waals surface area contributed by atoms with Crippen LogP contribution in [0.5, 0.6) is 0 Å². The van der Waals surface area contributed by atoms with E-state index in [-0.39, 0.29) is 11.7 Å². The average Bonchev–Trinajstić information content (AvgIpc) is 2.32.